The lowest BCUT2D eigenvalue weighted by molar-refractivity contribution is 0.661. The van der Waals surface area contributed by atoms with Crippen LogP contribution in [0.1, 0.15) is 37.3 Å². The number of aromatic nitrogens is 2. The van der Waals surface area contributed by atoms with Gasteiger partial charge in [0, 0.05) is 23.0 Å². The maximum atomic E-state index is 6.24. The first-order valence-electron chi connectivity index (χ1n) is 6.75. The number of benzene rings is 1. The van der Waals surface area contributed by atoms with Gasteiger partial charge in [0.05, 0.1) is 5.69 Å². The van der Waals surface area contributed by atoms with Gasteiger partial charge in [-0.05, 0) is 30.5 Å². The predicted molar refractivity (Wildman–Crippen MR) is 82.0 cm³/mol. The van der Waals surface area contributed by atoms with Crippen molar-refractivity contribution in [1.82, 2.24) is 9.78 Å². The van der Waals surface area contributed by atoms with Crippen LogP contribution < -0.4 is 5.73 Å². The SMILES string of the molecule is Cn1nc(C2CCCC2)c(-c2cccc(Br)c2)c1N. The van der Waals surface area contributed by atoms with Gasteiger partial charge >= 0.3 is 0 Å². The van der Waals surface area contributed by atoms with Gasteiger partial charge < -0.3 is 5.73 Å². The Bertz CT molecular complexity index is 597. The molecule has 1 aliphatic rings. The second-order valence-electron chi connectivity index (χ2n) is 5.26. The van der Waals surface area contributed by atoms with E-state index in [1.165, 1.54) is 31.4 Å². The molecule has 2 N–H and O–H groups in total. The summed E-state index contributed by atoms with van der Waals surface area (Å²) in [7, 11) is 1.93. The number of nitrogens with zero attached hydrogens (tertiary/aromatic N) is 2. The summed E-state index contributed by atoms with van der Waals surface area (Å²) >= 11 is 3.53. The first-order chi connectivity index (χ1) is 9.16. The minimum atomic E-state index is 0.567. The van der Waals surface area contributed by atoms with Crippen LogP contribution >= 0.6 is 15.9 Å². The molecular formula is C15H18BrN3. The monoisotopic (exact) mass is 319 g/mol. The largest absolute Gasteiger partial charge is 0.383 e. The third-order valence-electron chi connectivity index (χ3n) is 3.97. The molecule has 0 radical (unpaired) electrons. The Balaban J connectivity index is 2.13. The van der Waals surface area contributed by atoms with Crippen LogP contribution in [0.3, 0.4) is 0 Å². The number of halogens is 1. The fourth-order valence-electron chi connectivity index (χ4n) is 2.98. The van der Waals surface area contributed by atoms with Crippen LogP contribution in [0.25, 0.3) is 11.1 Å². The molecule has 0 aliphatic heterocycles. The van der Waals surface area contributed by atoms with Gasteiger partial charge in [-0.15, -0.1) is 0 Å². The molecule has 1 fully saturated rings. The minimum absolute atomic E-state index is 0.567. The van der Waals surface area contributed by atoms with E-state index in [4.69, 9.17) is 5.73 Å². The summed E-state index contributed by atoms with van der Waals surface area (Å²) in [4.78, 5) is 0. The second kappa shape index (κ2) is 5.00. The highest BCUT2D eigenvalue weighted by Gasteiger charge is 2.26. The van der Waals surface area contributed by atoms with Crippen molar-refractivity contribution in [2.75, 3.05) is 5.73 Å². The van der Waals surface area contributed by atoms with Crippen LogP contribution in [0.15, 0.2) is 28.7 Å². The van der Waals surface area contributed by atoms with Gasteiger partial charge in [-0.2, -0.15) is 5.10 Å². The third kappa shape index (κ3) is 2.29. The van der Waals surface area contributed by atoms with Crippen molar-refractivity contribution in [2.45, 2.75) is 31.6 Å². The first kappa shape index (κ1) is 12.7. The highest BCUT2D eigenvalue weighted by atomic mass is 79.9. The molecule has 100 valence electrons. The summed E-state index contributed by atoms with van der Waals surface area (Å²) in [5.74, 6) is 1.33. The number of aryl methyl sites for hydroxylation is 1. The van der Waals surface area contributed by atoms with Gasteiger partial charge in [0.2, 0.25) is 0 Å². The quantitative estimate of drug-likeness (QED) is 0.906. The van der Waals surface area contributed by atoms with Crippen LogP contribution in [-0.2, 0) is 7.05 Å². The molecule has 3 nitrogen and oxygen atoms in total. The molecule has 0 atom stereocenters. The zero-order valence-electron chi connectivity index (χ0n) is 11.1. The van der Waals surface area contributed by atoms with Crippen molar-refractivity contribution in [3.05, 3.63) is 34.4 Å². The maximum absolute atomic E-state index is 6.24. The van der Waals surface area contributed by atoms with Crippen molar-refractivity contribution >= 4 is 21.7 Å². The molecule has 0 bridgehead atoms. The van der Waals surface area contributed by atoms with Crippen molar-refractivity contribution < 1.29 is 0 Å². The first-order valence-corrected chi connectivity index (χ1v) is 7.54. The average molecular weight is 320 g/mol. The predicted octanol–water partition coefficient (Wildman–Crippen LogP) is 4.09. The molecular weight excluding hydrogens is 302 g/mol. The summed E-state index contributed by atoms with van der Waals surface area (Å²) in [6.07, 6.45) is 5.08. The fraction of sp³-hybridized carbons (Fsp3) is 0.400. The third-order valence-corrected chi connectivity index (χ3v) is 4.47. The number of nitrogen functional groups attached to an aromatic ring is 1. The molecule has 0 unspecified atom stereocenters. The van der Waals surface area contributed by atoms with E-state index >= 15 is 0 Å². The molecule has 1 aliphatic carbocycles. The van der Waals surface area contributed by atoms with Gasteiger partial charge in [-0.1, -0.05) is 40.9 Å². The molecule has 3 rings (SSSR count). The highest BCUT2D eigenvalue weighted by Crippen LogP contribution is 2.41. The summed E-state index contributed by atoms with van der Waals surface area (Å²) in [5.41, 5.74) is 9.69. The lowest BCUT2D eigenvalue weighted by Gasteiger charge is -2.09. The lowest BCUT2D eigenvalue weighted by atomic mass is 9.96. The summed E-state index contributed by atoms with van der Waals surface area (Å²) in [6.45, 7) is 0. The Morgan fingerprint density at radius 3 is 2.74 bits per heavy atom. The van der Waals surface area contributed by atoms with E-state index in [2.05, 4.69) is 33.2 Å². The van der Waals surface area contributed by atoms with E-state index in [1.54, 1.807) is 0 Å². The molecule has 0 spiro atoms. The Morgan fingerprint density at radius 2 is 2.05 bits per heavy atom. The molecule has 0 saturated heterocycles. The highest BCUT2D eigenvalue weighted by molar-refractivity contribution is 9.10. The molecule has 4 heteroatoms. The topological polar surface area (TPSA) is 43.8 Å². The van der Waals surface area contributed by atoms with Crippen molar-refractivity contribution in [1.29, 1.82) is 0 Å². The molecule has 1 heterocycles. The molecule has 2 aromatic rings. The molecule has 1 aromatic heterocycles. The fourth-order valence-corrected chi connectivity index (χ4v) is 3.38. The Labute approximate surface area is 121 Å². The Hall–Kier alpha value is -1.29. The molecule has 0 amide bonds. The van der Waals surface area contributed by atoms with Gasteiger partial charge in [-0.3, -0.25) is 4.68 Å². The lowest BCUT2D eigenvalue weighted by Crippen LogP contribution is -1.98. The smallest absolute Gasteiger partial charge is 0.129 e. The van der Waals surface area contributed by atoms with E-state index in [1.807, 2.05) is 23.9 Å². The number of hydrogen-bond acceptors (Lipinski definition) is 2. The van der Waals surface area contributed by atoms with Crippen LogP contribution in [0.2, 0.25) is 0 Å². The van der Waals surface area contributed by atoms with Crippen molar-refractivity contribution in [3.63, 3.8) is 0 Å². The second-order valence-corrected chi connectivity index (χ2v) is 6.18. The average Bonchev–Trinajstić information content (AvgIpc) is 2.99. The van der Waals surface area contributed by atoms with Gasteiger partial charge in [0.1, 0.15) is 5.82 Å². The van der Waals surface area contributed by atoms with Gasteiger partial charge in [0.15, 0.2) is 0 Å². The van der Waals surface area contributed by atoms with Crippen LogP contribution in [0.4, 0.5) is 5.82 Å². The zero-order chi connectivity index (χ0) is 13.4. The van der Waals surface area contributed by atoms with E-state index in [0.717, 1.165) is 21.4 Å². The van der Waals surface area contributed by atoms with E-state index < -0.39 is 0 Å². The van der Waals surface area contributed by atoms with Crippen LogP contribution in [0.5, 0.6) is 0 Å². The normalized spacial score (nSPS) is 16.1. The van der Waals surface area contributed by atoms with Crippen LogP contribution in [-0.4, -0.2) is 9.78 Å². The van der Waals surface area contributed by atoms with E-state index in [0.29, 0.717) is 5.92 Å². The number of hydrogen-bond donors (Lipinski definition) is 1. The minimum Gasteiger partial charge on any atom is -0.383 e. The molecule has 19 heavy (non-hydrogen) atoms. The number of rotatable bonds is 2. The summed E-state index contributed by atoms with van der Waals surface area (Å²) in [6, 6.07) is 8.30. The van der Waals surface area contributed by atoms with Crippen LogP contribution in [0, 0.1) is 0 Å². The van der Waals surface area contributed by atoms with Crippen molar-refractivity contribution in [3.8, 4) is 11.1 Å². The van der Waals surface area contributed by atoms with Gasteiger partial charge in [0.25, 0.3) is 0 Å². The van der Waals surface area contributed by atoms with Gasteiger partial charge in [-0.25, -0.2) is 0 Å². The number of anilines is 1. The molecule has 1 saturated carbocycles. The standard InChI is InChI=1S/C15H18BrN3/c1-19-15(17)13(11-7-4-8-12(16)9-11)14(18-19)10-5-2-3-6-10/h4,7-10H,2-3,5-6,17H2,1H3. The van der Waals surface area contributed by atoms with E-state index in [-0.39, 0.29) is 0 Å². The maximum Gasteiger partial charge on any atom is 0.129 e. The Morgan fingerprint density at radius 1 is 1.32 bits per heavy atom. The van der Waals surface area contributed by atoms with Crippen molar-refractivity contribution in [2.24, 2.45) is 7.05 Å². The Kier molecular flexibility index (Phi) is 3.35. The van der Waals surface area contributed by atoms with E-state index in [9.17, 15) is 0 Å². The number of nitrogens with two attached hydrogens (primary N) is 1. The molecule has 1 aromatic carbocycles. The summed E-state index contributed by atoms with van der Waals surface area (Å²) < 4.78 is 2.88. The summed E-state index contributed by atoms with van der Waals surface area (Å²) in [5, 5.41) is 4.67. The zero-order valence-corrected chi connectivity index (χ0v) is 12.7.